The smallest absolute Gasteiger partial charge is 0.309 e. The molecule has 1 N–H and O–H groups in total. The molecule has 21 heavy (non-hydrogen) atoms. The minimum absolute atomic E-state index is 0.0989. The van der Waals surface area contributed by atoms with E-state index in [0.29, 0.717) is 5.56 Å². The summed E-state index contributed by atoms with van der Waals surface area (Å²) in [7, 11) is -0.695. The van der Waals surface area contributed by atoms with Gasteiger partial charge < -0.3 is 4.74 Å². The summed E-state index contributed by atoms with van der Waals surface area (Å²) in [4.78, 5) is 11.2. The molecule has 0 aliphatic rings. The van der Waals surface area contributed by atoms with Gasteiger partial charge in [0.05, 0.1) is 18.4 Å². The van der Waals surface area contributed by atoms with Gasteiger partial charge in [-0.25, -0.2) is 8.42 Å². The van der Waals surface area contributed by atoms with Crippen LogP contribution in [0, 0.1) is 0 Å². The van der Waals surface area contributed by atoms with E-state index in [1.54, 1.807) is 31.4 Å². The van der Waals surface area contributed by atoms with E-state index in [4.69, 9.17) is 0 Å². The number of aromatic nitrogens is 2. The molecule has 0 fully saturated rings. The first-order valence-corrected chi connectivity index (χ1v) is 7.57. The lowest BCUT2D eigenvalue weighted by Gasteiger charge is -2.06. The van der Waals surface area contributed by atoms with Crippen molar-refractivity contribution in [1.29, 1.82) is 0 Å². The molecule has 1 aromatic heterocycles. The maximum absolute atomic E-state index is 12.1. The van der Waals surface area contributed by atoms with Crippen molar-refractivity contribution >= 4 is 21.8 Å². The summed E-state index contributed by atoms with van der Waals surface area (Å²) in [6.07, 6.45) is 1.74. The number of nitrogens with one attached hydrogen (secondary N) is 1. The normalized spacial score (nSPS) is 11.1. The number of anilines is 1. The van der Waals surface area contributed by atoms with Crippen molar-refractivity contribution in [2.45, 2.75) is 11.3 Å². The Hall–Kier alpha value is -2.35. The summed E-state index contributed by atoms with van der Waals surface area (Å²) in [6, 6.07) is 7.57. The molecule has 0 spiro atoms. The molecule has 0 amide bonds. The van der Waals surface area contributed by atoms with Gasteiger partial charge in [0.2, 0.25) is 0 Å². The van der Waals surface area contributed by atoms with Crippen LogP contribution in [0.3, 0.4) is 0 Å². The molecule has 0 unspecified atom stereocenters. The van der Waals surface area contributed by atoms with Crippen LogP contribution in [0.4, 0.5) is 5.82 Å². The van der Waals surface area contributed by atoms with Crippen molar-refractivity contribution in [3.05, 3.63) is 42.1 Å². The topological polar surface area (TPSA) is 90.3 Å². The number of carbonyl (C=O) groups is 1. The van der Waals surface area contributed by atoms with Crippen LogP contribution < -0.4 is 4.72 Å². The maximum atomic E-state index is 12.1. The summed E-state index contributed by atoms with van der Waals surface area (Å²) in [6.45, 7) is 0. The van der Waals surface area contributed by atoms with Gasteiger partial charge in [-0.3, -0.25) is 14.2 Å². The molecule has 2 rings (SSSR count). The largest absolute Gasteiger partial charge is 0.469 e. The average molecular weight is 309 g/mol. The number of aryl methyl sites for hydroxylation is 1. The molecular weight excluding hydrogens is 294 g/mol. The Balaban J connectivity index is 2.15. The number of sulfonamides is 1. The number of nitrogens with zero attached hydrogens (tertiary/aromatic N) is 2. The van der Waals surface area contributed by atoms with Gasteiger partial charge in [-0.1, -0.05) is 12.1 Å². The molecule has 0 saturated carbocycles. The predicted octanol–water partition coefficient (Wildman–Crippen LogP) is 0.936. The van der Waals surface area contributed by atoms with Crippen LogP contribution in [0.2, 0.25) is 0 Å². The molecular formula is C13H15N3O4S. The van der Waals surface area contributed by atoms with E-state index in [0.717, 1.165) is 0 Å². The van der Waals surface area contributed by atoms with Crippen LogP contribution in [0.5, 0.6) is 0 Å². The number of ether oxygens (including phenoxy) is 1. The fourth-order valence-corrected chi connectivity index (χ4v) is 2.69. The van der Waals surface area contributed by atoms with Crippen molar-refractivity contribution in [2.75, 3.05) is 11.8 Å². The quantitative estimate of drug-likeness (QED) is 0.830. The molecule has 0 saturated heterocycles. The molecule has 2 aromatic rings. The minimum Gasteiger partial charge on any atom is -0.469 e. The number of hydrogen-bond donors (Lipinski definition) is 1. The van der Waals surface area contributed by atoms with Crippen molar-refractivity contribution in [3.63, 3.8) is 0 Å². The van der Waals surface area contributed by atoms with Gasteiger partial charge in [0.25, 0.3) is 10.0 Å². The summed E-state index contributed by atoms with van der Waals surface area (Å²) in [5.74, 6) is -0.131. The second-order valence-corrected chi connectivity index (χ2v) is 6.06. The van der Waals surface area contributed by atoms with Gasteiger partial charge >= 0.3 is 5.97 Å². The molecule has 0 bridgehead atoms. The van der Waals surface area contributed by atoms with Gasteiger partial charge in [-0.05, 0) is 17.7 Å². The van der Waals surface area contributed by atoms with Gasteiger partial charge in [-0.15, -0.1) is 0 Å². The van der Waals surface area contributed by atoms with Crippen molar-refractivity contribution < 1.29 is 17.9 Å². The van der Waals surface area contributed by atoms with E-state index in [-0.39, 0.29) is 23.1 Å². The van der Waals surface area contributed by atoms with E-state index < -0.39 is 10.0 Å². The van der Waals surface area contributed by atoms with Crippen LogP contribution >= 0.6 is 0 Å². The zero-order valence-corrected chi connectivity index (χ0v) is 12.4. The molecule has 7 nitrogen and oxygen atoms in total. The Bertz CT molecular complexity index is 735. The standard InChI is InChI=1S/C13H15N3O4S/c1-16-8-7-12(14-16)15-21(18,19)11-5-3-10(4-6-11)9-13(17)20-2/h3-8H,9H2,1-2H3,(H,14,15). The van der Waals surface area contributed by atoms with E-state index in [9.17, 15) is 13.2 Å². The van der Waals surface area contributed by atoms with E-state index in [1.165, 1.54) is 23.9 Å². The first-order chi connectivity index (χ1) is 9.90. The highest BCUT2D eigenvalue weighted by Crippen LogP contribution is 2.15. The summed E-state index contributed by atoms with van der Waals surface area (Å²) < 4.78 is 32.7. The van der Waals surface area contributed by atoms with Gasteiger partial charge in [0.1, 0.15) is 0 Å². The molecule has 112 valence electrons. The molecule has 1 aromatic carbocycles. The number of benzene rings is 1. The summed E-state index contributed by atoms with van der Waals surface area (Å²) in [5.41, 5.74) is 0.679. The lowest BCUT2D eigenvalue weighted by molar-refractivity contribution is -0.139. The molecule has 1 heterocycles. The van der Waals surface area contributed by atoms with Crippen LogP contribution in [0.25, 0.3) is 0 Å². The SMILES string of the molecule is COC(=O)Cc1ccc(S(=O)(=O)Nc2ccn(C)n2)cc1. The van der Waals surface area contributed by atoms with Crippen molar-refractivity contribution in [2.24, 2.45) is 7.05 Å². The number of rotatable bonds is 5. The Morgan fingerprint density at radius 3 is 2.48 bits per heavy atom. The van der Waals surface area contributed by atoms with Crippen molar-refractivity contribution in [3.8, 4) is 0 Å². The summed E-state index contributed by atoms with van der Waals surface area (Å²) in [5, 5.41) is 3.95. The highest BCUT2D eigenvalue weighted by Gasteiger charge is 2.15. The molecule has 0 radical (unpaired) electrons. The molecule has 0 aliphatic carbocycles. The highest BCUT2D eigenvalue weighted by molar-refractivity contribution is 7.92. The van der Waals surface area contributed by atoms with Crippen LogP contribution in [0.1, 0.15) is 5.56 Å². The molecule has 0 atom stereocenters. The Kier molecular flexibility index (Phi) is 4.27. The second-order valence-electron chi connectivity index (χ2n) is 4.38. The minimum atomic E-state index is -3.69. The lowest BCUT2D eigenvalue weighted by Crippen LogP contribution is -2.13. The average Bonchev–Trinajstić information content (AvgIpc) is 2.83. The van der Waals surface area contributed by atoms with Gasteiger partial charge in [0.15, 0.2) is 5.82 Å². The van der Waals surface area contributed by atoms with Crippen LogP contribution in [0.15, 0.2) is 41.4 Å². The third-order valence-corrected chi connectivity index (χ3v) is 4.13. The fraction of sp³-hybridized carbons (Fsp3) is 0.231. The number of esters is 1. The second kappa shape index (κ2) is 5.96. The van der Waals surface area contributed by atoms with E-state index in [1.807, 2.05) is 0 Å². The highest BCUT2D eigenvalue weighted by atomic mass is 32.2. The van der Waals surface area contributed by atoms with Gasteiger partial charge in [-0.2, -0.15) is 5.10 Å². The third kappa shape index (κ3) is 3.82. The number of methoxy groups -OCH3 is 1. The third-order valence-electron chi connectivity index (χ3n) is 2.76. The number of hydrogen-bond acceptors (Lipinski definition) is 5. The fourth-order valence-electron chi connectivity index (χ4n) is 1.69. The van der Waals surface area contributed by atoms with Gasteiger partial charge in [0, 0.05) is 19.3 Å². The van der Waals surface area contributed by atoms with Crippen LogP contribution in [-0.4, -0.2) is 31.3 Å². The first kappa shape index (κ1) is 15.0. The Labute approximate surface area is 122 Å². The summed E-state index contributed by atoms with van der Waals surface area (Å²) >= 11 is 0. The first-order valence-electron chi connectivity index (χ1n) is 6.09. The van der Waals surface area contributed by atoms with Crippen LogP contribution in [-0.2, 0) is 33.0 Å². The Morgan fingerprint density at radius 2 is 1.95 bits per heavy atom. The van der Waals surface area contributed by atoms with Crippen molar-refractivity contribution in [1.82, 2.24) is 9.78 Å². The number of carbonyl (C=O) groups excluding carboxylic acids is 1. The zero-order valence-electron chi connectivity index (χ0n) is 11.6. The maximum Gasteiger partial charge on any atom is 0.309 e. The Morgan fingerprint density at radius 1 is 1.29 bits per heavy atom. The lowest BCUT2D eigenvalue weighted by atomic mass is 10.2. The monoisotopic (exact) mass is 309 g/mol. The molecule has 0 aliphatic heterocycles. The zero-order chi connectivity index (χ0) is 15.5. The van der Waals surface area contributed by atoms with E-state index in [2.05, 4.69) is 14.6 Å². The predicted molar refractivity (Wildman–Crippen MR) is 76.2 cm³/mol. The molecule has 8 heteroatoms. The van der Waals surface area contributed by atoms with E-state index >= 15 is 0 Å².